The zero-order valence-corrected chi connectivity index (χ0v) is 12.4. The summed E-state index contributed by atoms with van der Waals surface area (Å²) in [5.41, 5.74) is -0.626. The van der Waals surface area contributed by atoms with Gasteiger partial charge in [-0.05, 0) is 48.5 Å². The Bertz CT molecular complexity index is 373. The molecule has 0 amide bonds. The highest BCUT2D eigenvalue weighted by atomic mass is 32.2. The molecule has 0 unspecified atom stereocenters. The van der Waals surface area contributed by atoms with Crippen LogP contribution in [0.2, 0.25) is 0 Å². The molecule has 0 fully saturated rings. The summed E-state index contributed by atoms with van der Waals surface area (Å²) in [6.45, 7) is 11.4. The van der Waals surface area contributed by atoms with E-state index in [0.717, 1.165) is 0 Å². The molecule has 0 aliphatic heterocycles. The highest BCUT2D eigenvalue weighted by Crippen LogP contribution is 2.15. The Kier molecular flexibility index (Phi) is 4.76. The molecule has 6 heteroatoms. The second-order valence-corrected chi connectivity index (χ2v) is 8.46. The van der Waals surface area contributed by atoms with Gasteiger partial charge in [0.25, 0.3) is 0 Å². The van der Waals surface area contributed by atoms with Crippen LogP contribution in [0.25, 0.3) is 0 Å². The maximum atomic E-state index is 11.8. The van der Waals surface area contributed by atoms with Crippen molar-refractivity contribution in [3.8, 4) is 0 Å². The van der Waals surface area contributed by atoms with E-state index in [-0.39, 0.29) is 0 Å². The lowest BCUT2D eigenvalue weighted by Crippen LogP contribution is -2.48. The van der Waals surface area contributed by atoms with Gasteiger partial charge in [-0.3, -0.25) is 4.79 Å². The Balaban J connectivity index is 4.68. The first-order chi connectivity index (χ1) is 7.26. The highest BCUT2D eigenvalue weighted by Gasteiger charge is 2.33. The van der Waals surface area contributed by atoms with Crippen LogP contribution in [0.15, 0.2) is 0 Å². The summed E-state index contributed by atoms with van der Waals surface area (Å²) in [7, 11) is -3.55. The molecule has 0 aromatic heterocycles. The normalized spacial score (nSPS) is 15.5. The van der Waals surface area contributed by atoms with E-state index < -0.39 is 32.4 Å². The standard InChI is InChI=1S/C11H23NO4S/c1-8(9(13)16-10(2,3)4)12-17(14,15)11(5,6)7/h8,12H,1-7H3/t8-/m0/s1. The molecule has 5 nitrogen and oxygen atoms in total. The fourth-order valence-electron chi connectivity index (χ4n) is 0.848. The van der Waals surface area contributed by atoms with Crippen LogP contribution >= 0.6 is 0 Å². The maximum absolute atomic E-state index is 11.8. The van der Waals surface area contributed by atoms with Crippen molar-refractivity contribution in [2.75, 3.05) is 0 Å². The SMILES string of the molecule is C[C@H](NS(=O)(=O)C(C)(C)C)C(=O)OC(C)(C)C. The predicted octanol–water partition coefficient (Wildman–Crippen LogP) is 1.43. The van der Waals surface area contributed by atoms with Gasteiger partial charge in [-0.1, -0.05) is 0 Å². The number of rotatable bonds is 3. The summed E-state index contributed by atoms with van der Waals surface area (Å²) in [5, 5.41) is 0. The number of carbonyl (C=O) groups excluding carboxylic acids is 1. The summed E-state index contributed by atoms with van der Waals surface area (Å²) in [6.07, 6.45) is 0. The van der Waals surface area contributed by atoms with E-state index in [1.807, 2.05) is 0 Å². The van der Waals surface area contributed by atoms with Crippen LogP contribution in [0, 0.1) is 0 Å². The summed E-state index contributed by atoms with van der Waals surface area (Å²) < 4.78 is 30.1. The Morgan fingerprint density at radius 1 is 1.12 bits per heavy atom. The van der Waals surface area contributed by atoms with Gasteiger partial charge in [0, 0.05) is 0 Å². The summed E-state index contributed by atoms with van der Waals surface area (Å²) in [4.78, 5) is 11.6. The van der Waals surface area contributed by atoms with E-state index >= 15 is 0 Å². The van der Waals surface area contributed by atoms with Crippen molar-refractivity contribution in [2.45, 2.75) is 64.9 Å². The summed E-state index contributed by atoms with van der Waals surface area (Å²) in [6, 6.07) is -0.890. The van der Waals surface area contributed by atoms with Crippen LogP contribution in [-0.2, 0) is 19.6 Å². The van der Waals surface area contributed by atoms with Gasteiger partial charge in [-0.2, -0.15) is 0 Å². The van der Waals surface area contributed by atoms with Crippen LogP contribution in [-0.4, -0.2) is 30.8 Å². The fraction of sp³-hybridized carbons (Fsp3) is 0.909. The minimum absolute atomic E-state index is 0.578. The van der Waals surface area contributed by atoms with Crippen molar-refractivity contribution in [1.82, 2.24) is 4.72 Å². The first-order valence-corrected chi connectivity index (χ1v) is 6.99. The molecule has 1 N–H and O–H groups in total. The smallest absolute Gasteiger partial charge is 0.324 e. The quantitative estimate of drug-likeness (QED) is 0.784. The van der Waals surface area contributed by atoms with Crippen molar-refractivity contribution < 1.29 is 17.9 Å². The van der Waals surface area contributed by atoms with E-state index in [0.29, 0.717) is 0 Å². The Morgan fingerprint density at radius 2 is 1.53 bits per heavy atom. The molecule has 0 heterocycles. The lowest BCUT2D eigenvalue weighted by atomic mass is 10.2. The average molecular weight is 265 g/mol. The monoisotopic (exact) mass is 265 g/mol. The third kappa shape index (κ3) is 5.50. The largest absolute Gasteiger partial charge is 0.459 e. The molecule has 0 aromatic carbocycles. The molecule has 0 bridgehead atoms. The van der Waals surface area contributed by atoms with Gasteiger partial charge in [0.1, 0.15) is 11.6 Å². The van der Waals surface area contributed by atoms with Gasteiger partial charge in [0.15, 0.2) is 0 Å². The zero-order chi connectivity index (χ0) is 14.1. The second-order valence-electron chi connectivity index (χ2n) is 5.99. The zero-order valence-electron chi connectivity index (χ0n) is 11.6. The average Bonchev–Trinajstić information content (AvgIpc) is 1.97. The van der Waals surface area contributed by atoms with Crippen molar-refractivity contribution in [3.63, 3.8) is 0 Å². The van der Waals surface area contributed by atoms with Gasteiger partial charge < -0.3 is 4.74 Å². The lowest BCUT2D eigenvalue weighted by Gasteiger charge is -2.25. The number of ether oxygens (including phenoxy) is 1. The topological polar surface area (TPSA) is 72.5 Å². The third-order valence-corrected chi connectivity index (χ3v) is 4.17. The minimum Gasteiger partial charge on any atom is -0.459 e. The number of carbonyl (C=O) groups is 1. The van der Waals surface area contributed by atoms with Gasteiger partial charge in [0.05, 0.1) is 4.75 Å². The van der Waals surface area contributed by atoms with Crippen molar-refractivity contribution in [1.29, 1.82) is 0 Å². The summed E-state index contributed by atoms with van der Waals surface area (Å²) >= 11 is 0. The lowest BCUT2D eigenvalue weighted by molar-refractivity contribution is -0.156. The number of hydrogen-bond donors (Lipinski definition) is 1. The van der Waals surface area contributed by atoms with Gasteiger partial charge >= 0.3 is 5.97 Å². The summed E-state index contributed by atoms with van der Waals surface area (Å²) in [5.74, 6) is -0.578. The van der Waals surface area contributed by atoms with Crippen LogP contribution in [0.5, 0.6) is 0 Å². The molecule has 0 saturated heterocycles. The van der Waals surface area contributed by atoms with Gasteiger partial charge in [-0.15, -0.1) is 0 Å². The molecule has 0 saturated carbocycles. The van der Waals surface area contributed by atoms with Crippen LogP contribution in [0.1, 0.15) is 48.5 Å². The molecule has 0 rings (SSSR count). The molecule has 17 heavy (non-hydrogen) atoms. The van der Waals surface area contributed by atoms with Crippen molar-refractivity contribution >= 4 is 16.0 Å². The van der Waals surface area contributed by atoms with Crippen LogP contribution in [0.3, 0.4) is 0 Å². The molecule has 0 radical (unpaired) electrons. The van der Waals surface area contributed by atoms with E-state index in [9.17, 15) is 13.2 Å². The van der Waals surface area contributed by atoms with Crippen molar-refractivity contribution in [3.05, 3.63) is 0 Å². The first-order valence-electron chi connectivity index (χ1n) is 5.51. The fourth-order valence-corrected chi connectivity index (χ4v) is 1.76. The van der Waals surface area contributed by atoms with Crippen LogP contribution < -0.4 is 4.72 Å². The minimum atomic E-state index is -3.55. The molecular weight excluding hydrogens is 242 g/mol. The number of esters is 1. The number of sulfonamides is 1. The molecular formula is C11H23NO4S. The first kappa shape index (κ1) is 16.4. The molecule has 0 spiro atoms. The van der Waals surface area contributed by atoms with E-state index in [1.54, 1.807) is 41.5 Å². The molecule has 0 aliphatic carbocycles. The van der Waals surface area contributed by atoms with E-state index in [1.165, 1.54) is 6.92 Å². The Hall–Kier alpha value is -0.620. The van der Waals surface area contributed by atoms with E-state index in [4.69, 9.17) is 4.74 Å². The van der Waals surface area contributed by atoms with Gasteiger partial charge in [0.2, 0.25) is 10.0 Å². The number of nitrogens with one attached hydrogen (secondary N) is 1. The Labute approximate surface area is 104 Å². The highest BCUT2D eigenvalue weighted by molar-refractivity contribution is 7.90. The van der Waals surface area contributed by atoms with Crippen LogP contribution in [0.4, 0.5) is 0 Å². The third-order valence-electron chi connectivity index (χ3n) is 1.90. The van der Waals surface area contributed by atoms with Gasteiger partial charge in [-0.25, -0.2) is 13.1 Å². The Morgan fingerprint density at radius 3 is 1.82 bits per heavy atom. The number of hydrogen-bond acceptors (Lipinski definition) is 4. The van der Waals surface area contributed by atoms with E-state index in [2.05, 4.69) is 4.72 Å². The second kappa shape index (κ2) is 4.94. The van der Waals surface area contributed by atoms with Crippen molar-refractivity contribution in [2.24, 2.45) is 0 Å². The predicted molar refractivity (Wildman–Crippen MR) is 67.1 cm³/mol. The maximum Gasteiger partial charge on any atom is 0.324 e. The molecule has 102 valence electrons. The molecule has 1 atom stereocenters. The molecule has 0 aromatic rings. The molecule has 0 aliphatic rings.